The lowest BCUT2D eigenvalue weighted by Gasteiger charge is -2.18. The third-order valence-corrected chi connectivity index (χ3v) is 3.14. The molecule has 0 amide bonds. The van der Waals surface area contributed by atoms with Crippen LogP contribution in [0.3, 0.4) is 0 Å². The van der Waals surface area contributed by atoms with Crippen LogP contribution in [0.15, 0.2) is 27.4 Å². The van der Waals surface area contributed by atoms with Gasteiger partial charge in [-0.2, -0.15) is 5.26 Å². The predicted octanol–water partition coefficient (Wildman–Crippen LogP) is 1.48. The molecular weight excluding hydrogens is 230 g/mol. The Morgan fingerprint density at radius 3 is 2.94 bits per heavy atom. The summed E-state index contributed by atoms with van der Waals surface area (Å²) in [4.78, 5) is 13.3. The van der Waals surface area contributed by atoms with Gasteiger partial charge in [-0.1, -0.05) is 6.07 Å². The first-order chi connectivity index (χ1) is 8.52. The van der Waals surface area contributed by atoms with Gasteiger partial charge in [0.2, 0.25) is 0 Å². The Bertz CT molecular complexity index is 663. The summed E-state index contributed by atoms with van der Waals surface area (Å²) < 4.78 is 6.60. The van der Waals surface area contributed by atoms with E-state index < -0.39 is 0 Å². The number of nitrogens with zero attached hydrogens (tertiary/aromatic N) is 3. The summed E-state index contributed by atoms with van der Waals surface area (Å²) in [5.74, 6) is -0.360. The third kappa shape index (κ3) is 2.15. The van der Waals surface area contributed by atoms with Gasteiger partial charge in [-0.05, 0) is 31.7 Å². The van der Waals surface area contributed by atoms with Gasteiger partial charge in [-0.15, -0.1) is 0 Å². The standard InChI is InChI=1S/C13H15N3O2/c1-9(7-14)15(2)8-10-4-5-11-12(6-10)18-13(17)16(11)3/h4-6,9H,8H2,1-3H3. The van der Waals surface area contributed by atoms with Crippen molar-refractivity contribution in [2.45, 2.75) is 19.5 Å². The molecule has 2 rings (SSSR count). The van der Waals surface area contributed by atoms with E-state index in [1.54, 1.807) is 7.05 Å². The molecule has 0 aliphatic carbocycles. The number of benzene rings is 1. The zero-order valence-corrected chi connectivity index (χ0v) is 10.7. The maximum absolute atomic E-state index is 11.4. The lowest BCUT2D eigenvalue weighted by atomic mass is 10.2. The Labute approximate surface area is 105 Å². The predicted molar refractivity (Wildman–Crippen MR) is 68.0 cm³/mol. The van der Waals surface area contributed by atoms with E-state index in [0.717, 1.165) is 11.1 Å². The van der Waals surface area contributed by atoms with Crippen LogP contribution >= 0.6 is 0 Å². The number of oxazole rings is 1. The highest BCUT2D eigenvalue weighted by atomic mass is 16.4. The van der Waals surface area contributed by atoms with E-state index in [1.165, 1.54) is 4.57 Å². The molecule has 1 aromatic carbocycles. The molecule has 5 heteroatoms. The van der Waals surface area contributed by atoms with Crippen LogP contribution in [0.25, 0.3) is 11.1 Å². The summed E-state index contributed by atoms with van der Waals surface area (Å²) in [7, 11) is 3.57. The first-order valence-corrected chi connectivity index (χ1v) is 5.71. The van der Waals surface area contributed by atoms with Crippen LogP contribution in [0.1, 0.15) is 12.5 Å². The minimum absolute atomic E-state index is 0.150. The molecule has 0 aliphatic rings. The number of aromatic nitrogens is 1. The summed E-state index contributed by atoms with van der Waals surface area (Å²) in [6.07, 6.45) is 0. The van der Waals surface area contributed by atoms with E-state index in [1.807, 2.05) is 37.1 Å². The topological polar surface area (TPSA) is 62.2 Å². The van der Waals surface area contributed by atoms with Crippen molar-refractivity contribution in [2.75, 3.05) is 7.05 Å². The second-order valence-corrected chi connectivity index (χ2v) is 4.45. The van der Waals surface area contributed by atoms with Crippen molar-refractivity contribution in [1.29, 1.82) is 5.26 Å². The molecule has 2 aromatic rings. The van der Waals surface area contributed by atoms with Crippen LogP contribution in [0.4, 0.5) is 0 Å². The zero-order chi connectivity index (χ0) is 13.3. The highest BCUT2D eigenvalue weighted by molar-refractivity contribution is 5.73. The quantitative estimate of drug-likeness (QED) is 0.821. The molecule has 1 unspecified atom stereocenters. The van der Waals surface area contributed by atoms with Crippen molar-refractivity contribution in [2.24, 2.45) is 7.05 Å². The molecule has 5 nitrogen and oxygen atoms in total. The monoisotopic (exact) mass is 245 g/mol. The minimum atomic E-state index is -0.360. The lowest BCUT2D eigenvalue weighted by Crippen LogP contribution is -2.26. The Morgan fingerprint density at radius 2 is 2.28 bits per heavy atom. The van der Waals surface area contributed by atoms with Crippen LogP contribution < -0.4 is 5.76 Å². The Morgan fingerprint density at radius 1 is 1.56 bits per heavy atom. The normalized spacial score (nSPS) is 12.8. The molecule has 0 spiro atoms. The maximum Gasteiger partial charge on any atom is 0.419 e. The molecule has 0 N–H and O–H groups in total. The van der Waals surface area contributed by atoms with Crippen LogP contribution in [-0.4, -0.2) is 22.6 Å². The highest BCUT2D eigenvalue weighted by Crippen LogP contribution is 2.15. The van der Waals surface area contributed by atoms with E-state index in [-0.39, 0.29) is 11.8 Å². The van der Waals surface area contributed by atoms with Gasteiger partial charge >= 0.3 is 5.76 Å². The number of fused-ring (bicyclic) bond motifs is 1. The van der Waals surface area contributed by atoms with E-state index in [4.69, 9.17) is 9.68 Å². The molecule has 0 saturated carbocycles. The SMILES string of the molecule is CC(C#N)N(C)Cc1ccc2c(c1)oc(=O)n2C. The molecule has 0 radical (unpaired) electrons. The van der Waals surface area contributed by atoms with Gasteiger partial charge in [0.25, 0.3) is 0 Å². The summed E-state index contributed by atoms with van der Waals surface area (Å²) >= 11 is 0. The highest BCUT2D eigenvalue weighted by Gasteiger charge is 2.10. The van der Waals surface area contributed by atoms with Gasteiger partial charge in [0.15, 0.2) is 5.58 Å². The Balaban J connectivity index is 2.31. The average Bonchev–Trinajstić information content (AvgIpc) is 2.63. The molecule has 0 fully saturated rings. The number of hydrogen-bond donors (Lipinski definition) is 0. The van der Waals surface area contributed by atoms with Gasteiger partial charge < -0.3 is 4.42 Å². The molecule has 1 atom stereocenters. The van der Waals surface area contributed by atoms with E-state index in [2.05, 4.69) is 6.07 Å². The zero-order valence-electron chi connectivity index (χ0n) is 10.7. The van der Waals surface area contributed by atoms with E-state index in [0.29, 0.717) is 12.1 Å². The van der Waals surface area contributed by atoms with Crippen LogP contribution in [0.5, 0.6) is 0 Å². The van der Waals surface area contributed by atoms with Crippen molar-refractivity contribution in [1.82, 2.24) is 9.47 Å². The van der Waals surface area contributed by atoms with Crippen molar-refractivity contribution in [3.8, 4) is 6.07 Å². The fourth-order valence-corrected chi connectivity index (χ4v) is 1.80. The largest absolute Gasteiger partial charge is 0.419 e. The van der Waals surface area contributed by atoms with Crippen LogP contribution in [-0.2, 0) is 13.6 Å². The second kappa shape index (κ2) is 4.67. The Hall–Kier alpha value is -2.06. The van der Waals surface area contributed by atoms with Gasteiger partial charge in [0, 0.05) is 13.6 Å². The molecule has 0 saturated heterocycles. The number of rotatable bonds is 3. The first kappa shape index (κ1) is 12.4. The molecule has 18 heavy (non-hydrogen) atoms. The maximum atomic E-state index is 11.4. The van der Waals surface area contributed by atoms with Crippen molar-refractivity contribution < 1.29 is 4.42 Å². The van der Waals surface area contributed by atoms with Gasteiger partial charge in [-0.25, -0.2) is 4.79 Å². The third-order valence-electron chi connectivity index (χ3n) is 3.14. The number of hydrogen-bond acceptors (Lipinski definition) is 4. The van der Waals surface area contributed by atoms with Crippen LogP contribution in [0.2, 0.25) is 0 Å². The van der Waals surface area contributed by atoms with Crippen LogP contribution in [0, 0.1) is 11.3 Å². The minimum Gasteiger partial charge on any atom is -0.408 e. The first-order valence-electron chi connectivity index (χ1n) is 5.71. The molecule has 1 aromatic heterocycles. The summed E-state index contributed by atoms with van der Waals surface area (Å²) in [6, 6.07) is 7.68. The molecule has 1 heterocycles. The fourth-order valence-electron chi connectivity index (χ4n) is 1.80. The average molecular weight is 245 g/mol. The smallest absolute Gasteiger partial charge is 0.408 e. The number of aryl methyl sites for hydroxylation is 1. The molecule has 94 valence electrons. The van der Waals surface area contributed by atoms with Crippen molar-refractivity contribution in [3.63, 3.8) is 0 Å². The second-order valence-electron chi connectivity index (χ2n) is 4.45. The van der Waals surface area contributed by atoms with E-state index >= 15 is 0 Å². The van der Waals surface area contributed by atoms with Gasteiger partial charge in [0.1, 0.15) is 0 Å². The van der Waals surface area contributed by atoms with E-state index in [9.17, 15) is 4.79 Å². The van der Waals surface area contributed by atoms with Gasteiger partial charge in [0.05, 0.1) is 17.6 Å². The summed E-state index contributed by atoms with van der Waals surface area (Å²) in [5.41, 5.74) is 2.37. The van der Waals surface area contributed by atoms with Crippen molar-refractivity contribution in [3.05, 3.63) is 34.3 Å². The fraction of sp³-hybridized carbons (Fsp3) is 0.385. The Kier molecular flexibility index (Phi) is 3.21. The summed E-state index contributed by atoms with van der Waals surface area (Å²) in [6.45, 7) is 2.49. The molecule has 0 bridgehead atoms. The molecular formula is C13H15N3O2. The molecule has 0 aliphatic heterocycles. The summed E-state index contributed by atoms with van der Waals surface area (Å²) in [5, 5.41) is 8.84. The lowest BCUT2D eigenvalue weighted by molar-refractivity contribution is 0.294. The number of nitriles is 1. The van der Waals surface area contributed by atoms with Gasteiger partial charge in [-0.3, -0.25) is 9.47 Å². The van der Waals surface area contributed by atoms with Crippen molar-refractivity contribution >= 4 is 11.1 Å².